The number of aliphatic imine (C=N–C) groups is 1. The molecule has 0 atom stereocenters. The summed E-state index contributed by atoms with van der Waals surface area (Å²) < 4.78 is 0. The van der Waals surface area contributed by atoms with Gasteiger partial charge in [0.25, 0.3) is 0 Å². The number of hydrogen-bond donors (Lipinski definition) is 0. The van der Waals surface area contributed by atoms with Gasteiger partial charge >= 0.3 is 0 Å². The summed E-state index contributed by atoms with van der Waals surface area (Å²) in [5.74, 6) is 0. The first-order chi connectivity index (χ1) is 17.8. The minimum absolute atomic E-state index is 0.617. The minimum atomic E-state index is 0.617. The number of hydrogen-bond acceptors (Lipinski definition) is 4. The molecule has 0 radical (unpaired) electrons. The van der Waals surface area contributed by atoms with E-state index in [1.807, 2.05) is 0 Å². The number of nitriles is 1. The molecule has 0 rings (SSSR count). The summed E-state index contributed by atoms with van der Waals surface area (Å²) in [5.41, 5.74) is 0. The molecule has 0 bridgehead atoms. The average Bonchev–Trinajstić information content (AvgIpc) is 2.89. The highest BCUT2D eigenvalue weighted by Crippen LogP contribution is 2.09. The second-order valence-corrected chi connectivity index (χ2v) is 10.2. The topological polar surface area (TPSA) is 42.6 Å². The fraction of sp³-hybridized carbons (Fsp3) is 0.812. The van der Waals surface area contributed by atoms with Crippen LogP contribution >= 0.6 is 0 Å². The van der Waals surface area contributed by atoms with E-state index in [4.69, 9.17) is 5.26 Å². The molecule has 0 aromatic heterocycles. The standard InChI is InChI=1S/C32H60N4/c1-4-6-8-10-12-14-16-18-20-27-35(31-24-25-33)29-22-23-30-36(32-26-34-3)28-21-19-17-15-13-11-9-7-5-2/h18-21H,3-17,22-24,26-32H2,1-2H3. The molecule has 0 aromatic carbocycles. The Labute approximate surface area is 225 Å². The van der Waals surface area contributed by atoms with Crippen molar-refractivity contribution in [2.45, 2.75) is 123 Å². The summed E-state index contributed by atoms with van der Waals surface area (Å²) in [5, 5.41) is 9.04. The zero-order chi connectivity index (χ0) is 26.4. The van der Waals surface area contributed by atoms with Gasteiger partial charge in [-0.05, 0) is 58.3 Å². The smallest absolute Gasteiger partial charge is 0.0635 e. The van der Waals surface area contributed by atoms with Crippen molar-refractivity contribution in [1.29, 1.82) is 5.26 Å². The first-order valence-electron chi connectivity index (χ1n) is 15.3. The Balaban J connectivity index is 4.15. The van der Waals surface area contributed by atoms with Crippen molar-refractivity contribution in [3.63, 3.8) is 0 Å². The van der Waals surface area contributed by atoms with E-state index in [0.717, 1.165) is 45.8 Å². The molecular formula is C32H60N4. The van der Waals surface area contributed by atoms with Gasteiger partial charge in [-0.25, -0.2) is 0 Å². The Kier molecular flexibility index (Phi) is 28.6. The van der Waals surface area contributed by atoms with E-state index in [0.29, 0.717) is 6.42 Å². The summed E-state index contributed by atoms with van der Waals surface area (Å²) >= 11 is 0. The van der Waals surface area contributed by atoms with Crippen molar-refractivity contribution >= 4 is 6.72 Å². The zero-order valence-electron chi connectivity index (χ0n) is 24.3. The van der Waals surface area contributed by atoms with Crippen LogP contribution in [0.15, 0.2) is 29.3 Å². The largest absolute Gasteiger partial charge is 0.300 e. The van der Waals surface area contributed by atoms with Gasteiger partial charge in [0, 0.05) is 32.6 Å². The van der Waals surface area contributed by atoms with Gasteiger partial charge in [0.2, 0.25) is 0 Å². The van der Waals surface area contributed by atoms with E-state index in [2.05, 4.69) is 65.7 Å². The average molecular weight is 501 g/mol. The van der Waals surface area contributed by atoms with Gasteiger partial charge in [-0.15, -0.1) is 0 Å². The molecular weight excluding hydrogens is 440 g/mol. The van der Waals surface area contributed by atoms with Crippen LogP contribution in [0, 0.1) is 11.3 Å². The first-order valence-corrected chi connectivity index (χ1v) is 15.3. The molecule has 36 heavy (non-hydrogen) atoms. The summed E-state index contributed by atoms with van der Waals surface area (Å²) in [6.45, 7) is 15.1. The lowest BCUT2D eigenvalue weighted by Crippen LogP contribution is -2.30. The van der Waals surface area contributed by atoms with Gasteiger partial charge in [-0.2, -0.15) is 5.26 Å². The molecule has 0 aliphatic heterocycles. The van der Waals surface area contributed by atoms with Crippen LogP contribution in [-0.2, 0) is 0 Å². The van der Waals surface area contributed by atoms with Crippen LogP contribution in [0.25, 0.3) is 0 Å². The number of unbranched alkanes of at least 4 members (excludes halogenated alkanes) is 13. The predicted octanol–water partition coefficient (Wildman–Crippen LogP) is 8.60. The van der Waals surface area contributed by atoms with Crippen molar-refractivity contribution in [3.8, 4) is 6.07 Å². The van der Waals surface area contributed by atoms with Crippen LogP contribution in [0.3, 0.4) is 0 Å². The molecule has 0 spiro atoms. The molecule has 0 aliphatic carbocycles. The molecule has 208 valence electrons. The van der Waals surface area contributed by atoms with Crippen molar-refractivity contribution < 1.29 is 0 Å². The highest BCUT2D eigenvalue weighted by Gasteiger charge is 2.05. The third kappa shape index (κ3) is 25.6. The number of allylic oxidation sites excluding steroid dienone is 2. The molecule has 0 saturated heterocycles. The Bertz CT molecular complexity index is 549. The van der Waals surface area contributed by atoms with Gasteiger partial charge in [0.15, 0.2) is 0 Å². The van der Waals surface area contributed by atoms with Crippen LogP contribution < -0.4 is 0 Å². The fourth-order valence-electron chi connectivity index (χ4n) is 4.45. The monoisotopic (exact) mass is 500 g/mol. The normalized spacial score (nSPS) is 11.9. The Morgan fingerprint density at radius 2 is 1.08 bits per heavy atom. The molecule has 0 N–H and O–H groups in total. The quantitative estimate of drug-likeness (QED) is 0.0613. The maximum atomic E-state index is 9.04. The molecule has 0 aliphatic rings. The predicted molar refractivity (Wildman–Crippen MR) is 161 cm³/mol. The van der Waals surface area contributed by atoms with E-state index < -0.39 is 0 Å². The van der Waals surface area contributed by atoms with E-state index in [1.165, 1.54) is 103 Å². The molecule has 0 saturated carbocycles. The summed E-state index contributed by atoms with van der Waals surface area (Å²) in [7, 11) is 0. The lowest BCUT2D eigenvalue weighted by Gasteiger charge is -2.22. The summed E-state index contributed by atoms with van der Waals surface area (Å²) in [4.78, 5) is 9.02. The van der Waals surface area contributed by atoms with E-state index in [9.17, 15) is 0 Å². The lowest BCUT2D eigenvalue weighted by atomic mass is 10.1. The van der Waals surface area contributed by atoms with Crippen LogP contribution in [0.4, 0.5) is 0 Å². The lowest BCUT2D eigenvalue weighted by molar-refractivity contribution is 0.271. The third-order valence-corrected chi connectivity index (χ3v) is 6.82. The highest BCUT2D eigenvalue weighted by molar-refractivity contribution is 5.23. The zero-order valence-corrected chi connectivity index (χ0v) is 24.3. The molecule has 0 amide bonds. The van der Waals surface area contributed by atoms with Crippen LogP contribution in [0.5, 0.6) is 0 Å². The SMILES string of the molecule is C=NCCN(CC=CCCCCCCCC)CCCCN(CC=CCCCCCCCC)CCC#N. The van der Waals surface area contributed by atoms with E-state index >= 15 is 0 Å². The number of rotatable bonds is 28. The maximum Gasteiger partial charge on any atom is 0.0635 e. The van der Waals surface area contributed by atoms with E-state index in [1.54, 1.807) is 0 Å². The minimum Gasteiger partial charge on any atom is -0.300 e. The van der Waals surface area contributed by atoms with Crippen molar-refractivity contribution in [1.82, 2.24) is 9.80 Å². The first kappa shape index (κ1) is 34.6. The van der Waals surface area contributed by atoms with Crippen LogP contribution in [0.2, 0.25) is 0 Å². The molecule has 0 fully saturated rings. The Morgan fingerprint density at radius 1 is 0.611 bits per heavy atom. The van der Waals surface area contributed by atoms with Gasteiger partial charge in [0.1, 0.15) is 0 Å². The second kappa shape index (κ2) is 29.8. The second-order valence-electron chi connectivity index (χ2n) is 10.2. The van der Waals surface area contributed by atoms with Crippen LogP contribution in [0.1, 0.15) is 123 Å². The molecule has 4 nitrogen and oxygen atoms in total. The number of nitrogens with zero attached hydrogens (tertiary/aromatic N) is 4. The van der Waals surface area contributed by atoms with Crippen molar-refractivity contribution in [2.24, 2.45) is 4.99 Å². The van der Waals surface area contributed by atoms with Gasteiger partial charge in [-0.1, -0.05) is 102 Å². The molecule has 4 heteroatoms. The maximum absolute atomic E-state index is 9.04. The highest BCUT2D eigenvalue weighted by atomic mass is 15.1. The fourth-order valence-corrected chi connectivity index (χ4v) is 4.45. The molecule has 0 heterocycles. The summed E-state index contributed by atoms with van der Waals surface area (Å²) in [6, 6.07) is 2.32. The van der Waals surface area contributed by atoms with Gasteiger partial charge in [-0.3, -0.25) is 14.8 Å². The van der Waals surface area contributed by atoms with E-state index in [-0.39, 0.29) is 0 Å². The van der Waals surface area contributed by atoms with Gasteiger partial charge in [0.05, 0.1) is 12.6 Å². The third-order valence-electron chi connectivity index (χ3n) is 6.82. The molecule has 0 aromatic rings. The Morgan fingerprint density at radius 3 is 1.56 bits per heavy atom. The van der Waals surface area contributed by atoms with Crippen molar-refractivity contribution in [2.75, 3.05) is 45.8 Å². The van der Waals surface area contributed by atoms with Crippen molar-refractivity contribution in [3.05, 3.63) is 24.3 Å². The molecule has 0 unspecified atom stereocenters. The Hall–Kier alpha value is -1.44. The van der Waals surface area contributed by atoms with Crippen LogP contribution in [-0.4, -0.2) is 62.3 Å². The summed E-state index contributed by atoms with van der Waals surface area (Å²) in [6.07, 6.45) is 31.1. The van der Waals surface area contributed by atoms with Gasteiger partial charge < -0.3 is 0 Å².